The van der Waals surface area contributed by atoms with Crippen LogP contribution in [-0.2, 0) is 0 Å². The first-order valence-electron chi connectivity index (χ1n) is 8.27. The van der Waals surface area contributed by atoms with E-state index in [-0.39, 0.29) is 0 Å². The van der Waals surface area contributed by atoms with E-state index in [9.17, 15) is 0 Å². The van der Waals surface area contributed by atoms with Gasteiger partial charge in [0.2, 0.25) is 0 Å². The van der Waals surface area contributed by atoms with E-state index in [4.69, 9.17) is 4.98 Å². The van der Waals surface area contributed by atoms with Gasteiger partial charge in [-0.15, -0.1) is 13.2 Å². The van der Waals surface area contributed by atoms with Crippen LogP contribution in [-0.4, -0.2) is 23.1 Å². The summed E-state index contributed by atoms with van der Waals surface area (Å²) in [6, 6.07) is 20.2. The Bertz CT molecular complexity index is 774. The first kappa shape index (κ1) is 16.7. The Labute approximate surface area is 149 Å². The van der Waals surface area contributed by atoms with Crippen LogP contribution in [0.5, 0.6) is 0 Å². The molecule has 0 aliphatic heterocycles. The molecule has 2 heterocycles. The third-order valence-electron chi connectivity index (χ3n) is 3.87. The number of pyridine rings is 2. The lowest BCUT2D eigenvalue weighted by atomic mass is 10.1. The number of anilines is 1. The summed E-state index contributed by atoms with van der Waals surface area (Å²) in [7, 11) is 0. The lowest BCUT2D eigenvalue weighted by Gasteiger charge is -2.23. The highest BCUT2D eigenvalue weighted by molar-refractivity contribution is 5.71. The van der Waals surface area contributed by atoms with E-state index in [0.717, 1.165) is 41.4 Å². The van der Waals surface area contributed by atoms with Gasteiger partial charge >= 0.3 is 0 Å². The average Bonchev–Trinajstić information content (AvgIpc) is 2.69. The molecule has 0 radical (unpaired) electrons. The Hall–Kier alpha value is -3.20. The topological polar surface area (TPSA) is 29.0 Å². The second kappa shape index (κ2) is 8.06. The summed E-state index contributed by atoms with van der Waals surface area (Å²) < 4.78 is 0. The van der Waals surface area contributed by atoms with Gasteiger partial charge < -0.3 is 4.90 Å². The van der Waals surface area contributed by atoms with E-state index in [1.807, 2.05) is 48.6 Å². The van der Waals surface area contributed by atoms with Gasteiger partial charge in [-0.2, -0.15) is 0 Å². The van der Waals surface area contributed by atoms with Crippen molar-refractivity contribution in [2.24, 2.45) is 0 Å². The van der Waals surface area contributed by atoms with Crippen LogP contribution in [0.1, 0.15) is 0 Å². The second-order valence-corrected chi connectivity index (χ2v) is 5.66. The maximum atomic E-state index is 4.84. The van der Waals surface area contributed by atoms with Gasteiger partial charge in [0.1, 0.15) is 0 Å². The molecule has 0 aliphatic rings. The fourth-order valence-corrected chi connectivity index (χ4v) is 2.70. The minimum atomic E-state index is 0.742. The largest absolute Gasteiger partial charge is 0.364 e. The molecule has 0 N–H and O–H groups in total. The van der Waals surface area contributed by atoms with Crippen molar-refractivity contribution in [2.75, 3.05) is 18.0 Å². The van der Waals surface area contributed by atoms with Gasteiger partial charge in [-0.1, -0.05) is 48.6 Å². The molecule has 3 rings (SSSR count). The normalized spacial score (nSPS) is 10.2. The number of hydrogen-bond acceptors (Lipinski definition) is 3. The van der Waals surface area contributed by atoms with E-state index in [1.165, 1.54) is 0 Å². The van der Waals surface area contributed by atoms with E-state index in [1.54, 1.807) is 6.20 Å². The zero-order chi connectivity index (χ0) is 17.5. The van der Waals surface area contributed by atoms with Crippen molar-refractivity contribution >= 4 is 5.69 Å². The minimum absolute atomic E-state index is 0.742. The highest BCUT2D eigenvalue weighted by atomic mass is 15.1. The monoisotopic (exact) mass is 327 g/mol. The van der Waals surface area contributed by atoms with E-state index in [2.05, 4.69) is 47.3 Å². The van der Waals surface area contributed by atoms with Crippen molar-refractivity contribution < 1.29 is 0 Å². The van der Waals surface area contributed by atoms with Crippen LogP contribution in [0.15, 0.2) is 92.2 Å². The summed E-state index contributed by atoms with van der Waals surface area (Å²) in [5.74, 6) is 0. The molecule has 3 aromatic rings. The molecule has 0 atom stereocenters. The van der Waals surface area contributed by atoms with Crippen LogP contribution in [0.25, 0.3) is 22.6 Å². The molecule has 0 unspecified atom stereocenters. The predicted molar refractivity (Wildman–Crippen MR) is 106 cm³/mol. The molecule has 25 heavy (non-hydrogen) atoms. The standard InChI is InChI=1S/C22H21N3/c1-3-14-25(15-4-2)19-16-21(18-10-6-5-7-11-18)24-22(17-19)20-12-8-9-13-23-20/h3-13,16-17H,1-2,14-15H2. The fraction of sp³-hybridized carbons (Fsp3) is 0.0909. The van der Waals surface area contributed by atoms with Crippen LogP contribution < -0.4 is 4.90 Å². The van der Waals surface area contributed by atoms with Gasteiger partial charge in [-0.05, 0) is 24.3 Å². The van der Waals surface area contributed by atoms with Crippen molar-refractivity contribution in [3.8, 4) is 22.6 Å². The van der Waals surface area contributed by atoms with Gasteiger partial charge in [0.25, 0.3) is 0 Å². The van der Waals surface area contributed by atoms with Crippen LogP contribution >= 0.6 is 0 Å². The Kier molecular flexibility index (Phi) is 5.37. The molecule has 0 bridgehead atoms. The molecule has 0 saturated carbocycles. The first-order valence-corrected chi connectivity index (χ1v) is 8.27. The molecule has 0 amide bonds. The van der Waals surface area contributed by atoms with E-state index in [0.29, 0.717) is 0 Å². The maximum absolute atomic E-state index is 4.84. The molecule has 0 spiro atoms. The van der Waals surface area contributed by atoms with Gasteiger partial charge in [0.05, 0.1) is 17.1 Å². The molecule has 0 aliphatic carbocycles. The van der Waals surface area contributed by atoms with Crippen LogP contribution in [0, 0.1) is 0 Å². The molecule has 124 valence electrons. The molecule has 1 aromatic carbocycles. The zero-order valence-corrected chi connectivity index (χ0v) is 14.2. The summed E-state index contributed by atoms with van der Waals surface area (Å²) in [6.45, 7) is 9.21. The van der Waals surface area contributed by atoms with E-state index < -0.39 is 0 Å². The van der Waals surface area contributed by atoms with Gasteiger partial charge in [-0.25, -0.2) is 4.98 Å². The molecule has 2 aromatic heterocycles. The lowest BCUT2D eigenvalue weighted by Crippen LogP contribution is -2.23. The van der Waals surface area contributed by atoms with Gasteiger partial charge in [0, 0.05) is 30.5 Å². The predicted octanol–water partition coefficient (Wildman–Crippen LogP) is 4.99. The molecule has 3 heteroatoms. The molecular formula is C22H21N3. The van der Waals surface area contributed by atoms with Crippen LogP contribution in [0.2, 0.25) is 0 Å². The third kappa shape index (κ3) is 4.01. The van der Waals surface area contributed by atoms with Crippen molar-refractivity contribution in [3.63, 3.8) is 0 Å². The average molecular weight is 327 g/mol. The number of rotatable bonds is 7. The summed E-state index contributed by atoms with van der Waals surface area (Å²) in [6.07, 6.45) is 5.58. The number of hydrogen-bond donors (Lipinski definition) is 0. The van der Waals surface area contributed by atoms with Crippen molar-refractivity contribution in [1.29, 1.82) is 0 Å². The van der Waals surface area contributed by atoms with Crippen molar-refractivity contribution in [1.82, 2.24) is 9.97 Å². The molecule has 3 nitrogen and oxygen atoms in total. The van der Waals surface area contributed by atoms with Crippen molar-refractivity contribution in [3.05, 3.63) is 92.2 Å². The SMILES string of the molecule is C=CCN(CC=C)c1cc(-c2ccccc2)nc(-c2ccccn2)c1. The lowest BCUT2D eigenvalue weighted by molar-refractivity contribution is 0.954. The fourth-order valence-electron chi connectivity index (χ4n) is 2.70. The maximum Gasteiger partial charge on any atom is 0.0914 e. The number of benzene rings is 1. The number of aromatic nitrogens is 2. The highest BCUT2D eigenvalue weighted by Crippen LogP contribution is 2.28. The van der Waals surface area contributed by atoms with Crippen LogP contribution in [0.3, 0.4) is 0 Å². The highest BCUT2D eigenvalue weighted by Gasteiger charge is 2.11. The molecule has 0 saturated heterocycles. The molecule has 0 fully saturated rings. The second-order valence-electron chi connectivity index (χ2n) is 5.66. The van der Waals surface area contributed by atoms with Crippen LogP contribution in [0.4, 0.5) is 5.69 Å². The van der Waals surface area contributed by atoms with Gasteiger partial charge in [0.15, 0.2) is 0 Å². The Morgan fingerprint density at radius 3 is 2.12 bits per heavy atom. The summed E-state index contributed by atoms with van der Waals surface area (Å²) in [5, 5.41) is 0. The molecular weight excluding hydrogens is 306 g/mol. The van der Waals surface area contributed by atoms with Crippen molar-refractivity contribution in [2.45, 2.75) is 0 Å². The van der Waals surface area contributed by atoms with E-state index >= 15 is 0 Å². The smallest absolute Gasteiger partial charge is 0.0914 e. The Morgan fingerprint density at radius 1 is 0.800 bits per heavy atom. The quantitative estimate of drug-likeness (QED) is 0.573. The summed E-state index contributed by atoms with van der Waals surface area (Å²) in [4.78, 5) is 11.5. The number of nitrogens with zero attached hydrogens (tertiary/aromatic N) is 3. The Morgan fingerprint density at radius 2 is 1.48 bits per heavy atom. The Balaban J connectivity index is 2.14. The third-order valence-corrected chi connectivity index (χ3v) is 3.87. The summed E-state index contributed by atoms with van der Waals surface area (Å²) >= 11 is 0. The minimum Gasteiger partial charge on any atom is -0.364 e. The zero-order valence-electron chi connectivity index (χ0n) is 14.2. The van der Waals surface area contributed by atoms with Gasteiger partial charge in [-0.3, -0.25) is 4.98 Å². The first-order chi connectivity index (χ1) is 12.3. The summed E-state index contributed by atoms with van der Waals surface area (Å²) in [5.41, 5.74) is 4.80.